The van der Waals surface area contributed by atoms with Gasteiger partial charge in [-0.15, -0.1) is 11.3 Å². The van der Waals surface area contributed by atoms with Gasteiger partial charge in [-0.1, -0.05) is 57.9 Å². The minimum Gasteiger partial charge on any atom is -0.469 e. The lowest BCUT2D eigenvalue weighted by molar-refractivity contribution is -0.144. The minimum absolute atomic E-state index is 0.0302. The number of nitrogens with one attached hydrogen (secondary N) is 2. The number of esters is 1. The summed E-state index contributed by atoms with van der Waals surface area (Å²) in [5, 5.41) is 16.2. The fourth-order valence-corrected chi connectivity index (χ4v) is 5.84. The van der Waals surface area contributed by atoms with E-state index in [0.717, 1.165) is 34.5 Å². The third-order valence-corrected chi connectivity index (χ3v) is 8.45. The molecule has 3 N–H and O–H groups in total. The Bertz CT molecular complexity index is 1220. The number of aryl methyl sites for hydroxylation is 1. The standard InChI is InChI=1S/C31H44N4O6S/c1-20-27(42-19-33-20)22-14-12-21(13-15-22)17-32-29(39)24-16-23(36)18-35(24)30(40)28(31(2,3)4)34-25(37)10-8-6-7-9-11-26(38)41-5/h12-15,19,23-24,28,36H,6-11,16-18H2,1-5H3,(H,32,39)(H,34,37)/t23-,24+,28+/m1/s1. The number of rotatable bonds is 13. The van der Waals surface area contributed by atoms with Crippen molar-refractivity contribution >= 4 is 35.0 Å². The van der Waals surface area contributed by atoms with Crippen LogP contribution in [0.1, 0.15) is 77.0 Å². The monoisotopic (exact) mass is 600 g/mol. The maximum absolute atomic E-state index is 13.7. The van der Waals surface area contributed by atoms with Crippen molar-refractivity contribution in [2.45, 2.75) is 97.4 Å². The number of benzene rings is 1. The first kappa shape index (κ1) is 33.2. The van der Waals surface area contributed by atoms with Gasteiger partial charge in [0.05, 0.1) is 29.3 Å². The molecule has 2 aromatic rings. The van der Waals surface area contributed by atoms with Gasteiger partial charge in [-0.3, -0.25) is 19.2 Å². The molecule has 0 radical (unpaired) electrons. The van der Waals surface area contributed by atoms with Crippen LogP contribution >= 0.6 is 11.3 Å². The third-order valence-electron chi connectivity index (χ3n) is 7.47. The quantitative estimate of drug-likeness (QED) is 0.235. The van der Waals surface area contributed by atoms with Crippen molar-refractivity contribution in [2.24, 2.45) is 5.41 Å². The Morgan fingerprint density at radius 2 is 1.76 bits per heavy atom. The molecule has 230 valence electrons. The summed E-state index contributed by atoms with van der Waals surface area (Å²) in [6, 6.07) is 6.21. The predicted molar refractivity (Wildman–Crippen MR) is 161 cm³/mol. The molecule has 0 aliphatic carbocycles. The lowest BCUT2D eigenvalue weighted by Crippen LogP contribution is -2.57. The largest absolute Gasteiger partial charge is 0.469 e. The predicted octanol–water partition coefficient (Wildman–Crippen LogP) is 3.74. The number of methoxy groups -OCH3 is 1. The topological polar surface area (TPSA) is 138 Å². The van der Waals surface area contributed by atoms with Crippen LogP contribution in [0.3, 0.4) is 0 Å². The highest BCUT2D eigenvalue weighted by Gasteiger charge is 2.44. The molecule has 2 heterocycles. The van der Waals surface area contributed by atoms with Crippen molar-refractivity contribution in [3.05, 3.63) is 41.0 Å². The van der Waals surface area contributed by atoms with Crippen molar-refractivity contribution < 1.29 is 29.0 Å². The first-order valence-electron chi connectivity index (χ1n) is 14.5. The Labute approximate surface area is 252 Å². The Balaban J connectivity index is 1.56. The van der Waals surface area contributed by atoms with Crippen molar-refractivity contribution in [2.75, 3.05) is 13.7 Å². The second-order valence-electron chi connectivity index (χ2n) is 11.9. The van der Waals surface area contributed by atoms with Gasteiger partial charge in [0, 0.05) is 32.4 Å². The van der Waals surface area contributed by atoms with E-state index in [-0.39, 0.29) is 49.6 Å². The van der Waals surface area contributed by atoms with E-state index in [4.69, 9.17) is 0 Å². The summed E-state index contributed by atoms with van der Waals surface area (Å²) in [4.78, 5) is 57.7. The van der Waals surface area contributed by atoms with Gasteiger partial charge in [0.1, 0.15) is 12.1 Å². The highest BCUT2D eigenvalue weighted by molar-refractivity contribution is 7.13. The molecule has 42 heavy (non-hydrogen) atoms. The Morgan fingerprint density at radius 3 is 2.36 bits per heavy atom. The van der Waals surface area contributed by atoms with E-state index in [1.807, 2.05) is 57.5 Å². The maximum atomic E-state index is 13.7. The number of hydrogen-bond donors (Lipinski definition) is 3. The Kier molecular flexibility index (Phi) is 12.0. The number of β-amino-alcohol motifs (C(OH)–C–C–N with tert-alkyl or cyclic N) is 1. The number of nitrogens with zero attached hydrogens (tertiary/aromatic N) is 2. The SMILES string of the molecule is COC(=O)CCCCCCC(=O)N[C@@H](C(=O)N1C[C@H](O)C[C@H]1C(=O)NCc1ccc(-c2scnc2C)cc1)C(C)(C)C. The summed E-state index contributed by atoms with van der Waals surface area (Å²) in [6.07, 6.45) is 2.86. The molecule has 3 rings (SSSR count). The van der Waals surface area contributed by atoms with Gasteiger partial charge in [0.25, 0.3) is 0 Å². The van der Waals surface area contributed by atoms with E-state index in [0.29, 0.717) is 19.3 Å². The highest BCUT2D eigenvalue weighted by Crippen LogP contribution is 2.28. The summed E-state index contributed by atoms with van der Waals surface area (Å²) in [5.74, 6) is -1.20. The van der Waals surface area contributed by atoms with Gasteiger partial charge < -0.3 is 25.4 Å². The lowest BCUT2D eigenvalue weighted by Gasteiger charge is -2.35. The minimum atomic E-state index is -0.854. The number of aliphatic hydroxyl groups excluding tert-OH is 1. The van der Waals surface area contributed by atoms with Crippen LogP contribution in [0.2, 0.25) is 0 Å². The maximum Gasteiger partial charge on any atom is 0.305 e. The Morgan fingerprint density at radius 1 is 1.10 bits per heavy atom. The number of amides is 3. The van der Waals surface area contributed by atoms with Crippen LogP contribution in [-0.2, 0) is 30.5 Å². The molecule has 1 aromatic carbocycles. The molecule has 1 saturated heterocycles. The third kappa shape index (κ3) is 9.35. The Hall–Kier alpha value is -3.31. The average Bonchev–Trinajstić information content (AvgIpc) is 3.56. The van der Waals surface area contributed by atoms with E-state index in [1.54, 1.807) is 11.3 Å². The van der Waals surface area contributed by atoms with Crippen LogP contribution in [0.4, 0.5) is 0 Å². The smallest absolute Gasteiger partial charge is 0.305 e. The fraction of sp³-hybridized carbons (Fsp3) is 0.581. The number of carbonyl (C=O) groups is 4. The van der Waals surface area contributed by atoms with Crippen molar-refractivity contribution in [1.82, 2.24) is 20.5 Å². The van der Waals surface area contributed by atoms with Gasteiger partial charge in [-0.2, -0.15) is 0 Å². The summed E-state index contributed by atoms with van der Waals surface area (Å²) in [6.45, 7) is 7.87. The molecule has 0 unspecified atom stereocenters. The normalized spacial score (nSPS) is 17.5. The molecular weight excluding hydrogens is 556 g/mol. The molecule has 3 atom stereocenters. The van der Waals surface area contributed by atoms with Gasteiger partial charge in [-0.05, 0) is 36.3 Å². The molecular formula is C31H44N4O6S. The van der Waals surface area contributed by atoms with Crippen LogP contribution in [-0.4, -0.2) is 70.5 Å². The van der Waals surface area contributed by atoms with E-state index >= 15 is 0 Å². The molecule has 11 heteroatoms. The number of likely N-dealkylation sites (tertiary alicyclic amines) is 1. The van der Waals surface area contributed by atoms with Crippen LogP contribution in [0.5, 0.6) is 0 Å². The van der Waals surface area contributed by atoms with E-state index < -0.39 is 23.6 Å². The van der Waals surface area contributed by atoms with E-state index in [9.17, 15) is 24.3 Å². The number of hydrogen-bond acceptors (Lipinski definition) is 8. The number of ether oxygens (including phenoxy) is 1. The molecule has 0 bridgehead atoms. The van der Waals surface area contributed by atoms with Crippen LogP contribution in [0.15, 0.2) is 29.8 Å². The molecule has 1 fully saturated rings. The number of aliphatic hydroxyl groups is 1. The number of aromatic nitrogens is 1. The van der Waals surface area contributed by atoms with Gasteiger partial charge in [-0.25, -0.2) is 4.98 Å². The van der Waals surface area contributed by atoms with Crippen molar-refractivity contribution in [1.29, 1.82) is 0 Å². The zero-order valence-corrected chi connectivity index (χ0v) is 26.1. The second kappa shape index (κ2) is 15.2. The number of unbranched alkanes of at least 4 members (excludes halogenated alkanes) is 3. The molecule has 0 saturated carbocycles. The molecule has 1 aliphatic rings. The first-order chi connectivity index (χ1) is 19.9. The summed E-state index contributed by atoms with van der Waals surface area (Å²) in [7, 11) is 1.36. The fourth-order valence-electron chi connectivity index (χ4n) is 5.02. The average molecular weight is 601 g/mol. The zero-order chi connectivity index (χ0) is 30.9. The summed E-state index contributed by atoms with van der Waals surface area (Å²) >= 11 is 1.58. The summed E-state index contributed by atoms with van der Waals surface area (Å²) < 4.78 is 4.64. The molecule has 10 nitrogen and oxygen atoms in total. The van der Waals surface area contributed by atoms with Gasteiger partial charge in [0.15, 0.2) is 0 Å². The highest BCUT2D eigenvalue weighted by atomic mass is 32.1. The molecule has 1 aromatic heterocycles. The first-order valence-corrected chi connectivity index (χ1v) is 15.4. The van der Waals surface area contributed by atoms with Crippen molar-refractivity contribution in [3.8, 4) is 10.4 Å². The van der Waals surface area contributed by atoms with Gasteiger partial charge >= 0.3 is 5.97 Å². The van der Waals surface area contributed by atoms with Crippen LogP contribution in [0, 0.1) is 12.3 Å². The molecule has 1 aliphatic heterocycles. The van der Waals surface area contributed by atoms with Gasteiger partial charge in [0.2, 0.25) is 17.7 Å². The summed E-state index contributed by atoms with van der Waals surface area (Å²) in [5.41, 5.74) is 4.16. The number of carbonyl (C=O) groups excluding carboxylic acids is 4. The second-order valence-corrected chi connectivity index (χ2v) is 12.8. The number of thiazole rings is 1. The van der Waals surface area contributed by atoms with Crippen LogP contribution < -0.4 is 10.6 Å². The van der Waals surface area contributed by atoms with Crippen molar-refractivity contribution in [3.63, 3.8) is 0 Å². The van der Waals surface area contributed by atoms with Crippen LogP contribution in [0.25, 0.3) is 10.4 Å². The van der Waals surface area contributed by atoms with E-state index in [1.165, 1.54) is 12.0 Å². The zero-order valence-electron chi connectivity index (χ0n) is 25.3. The lowest BCUT2D eigenvalue weighted by atomic mass is 9.85. The molecule has 0 spiro atoms. The van der Waals surface area contributed by atoms with E-state index in [2.05, 4.69) is 20.4 Å². The molecule has 3 amide bonds.